The fourth-order valence-corrected chi connectivity index (χ4v) is 3.64. The number of rotatable bonds is 3. The van der Waals surface area contributed by atoms with Crippen LogP contribution in [0.15, 0.2) is 17.0 Å². The number of phenols is 1. The minimum Gasteiger partial charge on any atom is -0.507 e. The predicted molar refractivity (Wildman–Crippen MR) is 106 cm³/mol. The van der Waals surface area contributed by atoms with Crippen molar-refractivity contribution < 1.29 is 24.6 Å². The highest BCUT2D eigenvalue weighted by Crippen LogP contribution is 2.41. The summed E-state index contributed by atoms with van der Waals surface area (Å²) in [5, 5.41) is 19.0. The van der Waals surface area contributed by atoms with E-state index in [-0.39, 0.29) is 21.5 Å². The number of phenolic OH excluding ortho intramolecular Hbond substituents is 1. The van der Waals surface area contributed by atoms with Gasteiger partial charge >= 0.3 is 5.97 Å². The molecule has 1 aliphatic heterocycles. The third-order valence-electron chi connectivity index (χ3n) is 4.21. The lowest BCUT2D eigenvalue weighted by Crippen LogP contribution is -2.33. The molecule has 1 aromatic carbocycles. The molecule has 1 aromatic rings. The van der Waals surface area contributed by atoms with Gasteiger partial charge in [0.15, 0.2) is 0 Å². The Morgan fingerprint density at radius 2 is 1.56 bits per heavy atom. The third kappa shape index (κ3) is 4.53. The monoisotopic (exact) mass is 391 g/mol. The van der Waals surface area contributed by atoms with E-state index in [1.807, 2.05) is 41.5 Å². The number of nitrogens with zero attached hydrogens (tertiary/aromatic N) is 1. The number of benzene rings is 1. The molecule has 2 amide bonds. The molecule has 7 heteroatoms. The third-order valence-corrected chi connectivity index (χ3v) is 5.12. The smallest absolute Gasteiger partial charge is 0.323 e. The zero-order valence-corrected chi connectivity index (χ0v) is 17.2. The number of carbonyl (C=O) groups is 3. The number of amides is 2. The zero-order chi connectivity index (χ0) is 20.7. The van der Waals surface area contributed by atoms with E-state index in [1.54, 1.807) is 18.2 Å². The zero-order valence-electron chi connectivity index (χ0n) is 16.4. The molecule has 0 radical (unpaired) electrons. The summed E-state index contributed by atoms with van der Waals surface area (Å²) in [5.41, 5.74) is 1.52. The Labute approximate surface area is 163 Å². The van der Waals surface area contributed by atoms with E-state index in [2.05, 4.69) is 0 Å². The number of thioether (sulfide) groups is 1. The number of hydrogen-bond donors (Lipinski definition) is 2. The highest BCUT2D eigenvalue weighted by Gasteiger charge is 2.36. The Morgan fingerprint density at radius 3 is 1.96 bits per heavy atom. The molecule has 27 heavy (non-hydrogen) atoms. The summed E-state index contributed by atoms with van der Waals surface area (Å²) >= 11 is 0.722. The van der Waals surface area contributed by atoms with E-state index in [4.69, 9.17) is 5.11 Å². The van der Waals surface area contributed by atoms with Crippen molar-refractivity contribution in [2.24, 2.45) is 0 Å². The van der Waals surface area contributed by atoms with Crippen molar-refractivity contribution in [1.29, 1.82) is 0 Å². The Balaban J connectivity index is 2.56. The minimum absolute atomic E-state index is 0.173. The van der Waals surface area contributed by atoms with Gasteiger partial charge in [0.25, 0.3) is 11.1 Å². The van der Waals surface area contributed by atoms with Crippen LogP contribution in [0.25, 0.3) is 6.08 Å². The molecule has 1 saturated heterocycles. The van der Waals surface area contributed by atoms with E-state index in [9.17, 15) is 19.5 Å². The van der Waals surface area contributed by atoms with Gasteiger partial charge in [-0.1, -0.05) is 41.5 Å². The van der Waals surface area contributed by atoms with Gasteiger partial charge in [-0.3, -0.25) is 19.3 Å². The lowest BCUT2D eigenvalue weighted by Gasteiger charge is -2.28. The quantitative estimate of drug-likeness (QED) is 0.753. The van der Waals surface area contributed by atoms with Crippen LogP contribution in [0.4, 0.5) is 4.79 Å². The second-order valence-corrected chi connectivity index (χ2v) is 9.62. The SMILES string of the molecule is CC(C)(C)c1cc(/C=C2/SC(=O)N(CC(=O)O)C2=O)cc(C(C)(C)C)c1O. The van der Waals surface area contributed by atoms with Crippen molar-refractivity contribution >= 4 is 35.0 Å². The van der Waals surface area contributed by atoms with E-state index in [0.29, 0.717) is 10.5 Å². The Bertz CT molecular complexity index is 808. The maximum atomic E-state index is 12.4. The van der Waals surface area contributed by atoms with Crippen molar-refractivity contribution in [3.8, 4) is 5.75 Å². The summed E-state index contributed by atoms with van der Waals surface area (Å²) in [6.45, 7) is 11.3. The standard InChI is InChI=1S/C20H25NO5S/c1-19(2,3)12-7-11(8-13(16(12)24)20(4,5)6)9-14-17(25)21(10-15(22)23)18(26)27-14/h7-9,24H,10H2,1-6H3,(H,22,23)/b14-9+. The van der Waals surface area contributed by atoms with Gasteiger partial charge in [-0.15, -0.1) is 0 Å². The molecule has 0 unspecified atom stereocenters. The number of carboxylic acid groups (broad SMARTS) is 1. The Morgan fingerprint density at radius 1 is 1.07 bits per heavy atom. The molecule has 0 atom stereocenters. The Hall–Kier alpha value is -2.28. The summed E-state index contributed by atoms with van der Waals surface area (Å²) in [6, 6.07) is 3.60. The highest BCUT2D eigenvalue weighted by atomic mass is 32.2. The van der Waals surface area contributed by atoms with E-state index < -0.39 is 23.7 Å². The second kappa shape index (κ2) is 7.03. The lowest BCUT2D eigenvalue weighted by atomic mass is 9.78. The molecule has 0 aromatic heterocycles. The number of carbonyl (C=O) groups excluding carboxylic acids is 2. The van der Waals surface area contributed by atoms with Crippen molar-refractivity contribution in [1.82, 2.24) is 4.90 Å². The van der Waals surface area contributed by atoms with Gasteiger partial charge in [-0.25, -0.2) is 0 Å². The van der Waals surface area contributed by atoms with Crippen LogP contribution in [0.1, 0.15) is 58.2 Å². The maximum Gasteiger partial charge on any atom is 0.323 e. The highest BCUT2D eigenvalue weighted by molar-refractivity contribution is 8.18. The van der Waals surface area contributed by atoms with Crippen molar-refractivity contribution in [2.75, 3.05) is 6.54 Å². The van der Waals surface area contributed by atoms with Crippen molar-refractivity contribution in [2.45, 2.75) is 52.4 Å². The fraction of sp³-hybridized carbons (Fsp3) is 0.450. The normalized spacial score (nSPS) is 17.1. The molecule has 1 fully saturated rings. The second-order valence-electron chi connectivity index (χ2n) is 8.63. The molecular weight excluding hydrogens is 366 g/mol. The van der Waals surface area contributed by atoms with Gasteiger partial charge in [0.2, 0.25) is 0 Å². The maximum absolute atomic E-state index is 12.4. The largest absolute Gasteiger partial charge is 0.507 e. The van der Waals surface area contributed by atoms with Gasteiger partial charge in [-0.2, -0.15) is 0 Å². The Kier molecular flexibility index (Phi) is 5.48. The van der Waals surface area contributed by atoms with Crippen LogP contribution in [0.2, 0.25) is 0 Å². The summed E-state index contributed by atoms with van der Waals surface area (Å²) in [4.78, 5) is 36.1. The molecule has 2 rings (SSSR count). The summed E-state index contributed by atoms with van der Waals surface area (Å²) in [5.74, 6) is -1.63. The number of imide groups is 1. The number of aliphatic carboxylic acids is 1. The summed E-state index contributed by atoms with van der Waals surface area (Å²) in [7, 11) is 0. The van der Waals surface area contributed by atoms with Gasteiger partial charge < -0.3 is 10.2 Å². The molecule has 0 spiro atoms. The van der Waals surface area contributed by atoms with Crippen LogP contribution < -0.4 is 0 Å². The molecular formula is C20H25NO5S. The van der Waals surface area contributed by atoms with E-state index >= 15 is 0 Å². The van der Waals surface area contributed by atoms with E-state index in [0.717, 1.165) is 22.9 Å². The van der Waals surface area contributed by atoms with Gasteiger partial charge in [0.05, 0.1) is 4.91 Å². The molecule has 2 N–H and O–H groups in total. The molecule has 0 aliphatic carbocycles. The number of aromatic hydroxyl groups is 1. The average Bonchev–Trinajstić information content (AvgIpc) is 2.73. The first-order valence-corrected chi connectivity index (χ1v) is 9.38. The predicted octanol–water partition coefficient (Wildman–Crippen LogP) is 4.11. The molecule has 6 nitrogen and oxygen atoms in total. The van der Waals surface area contributed by atoms with Crippen LogP contribution in [-0.2, 0) is 20.4 Å². The number of hydrogen-bond acceptors (Lipinski definition) is 5. The molecule has 1 aliphatic rings. The minimum atomic E-state index is -1.24. The first-order chi connectivity index (χ1) is 12.2. The van der Waals surface area contributed by atoms with Crippen LogP contribution in [0.3, 0.4) is 0 Å². The van der Waals surface area contributed by atoms with Gasteiger partial charge in [-0.05, 0) is 46.4 Å². The lowest BCUT2D eigenvalue weighted by molar-refractivity contribution is -0.140. The molecule has 1 heterocycles. The van der Waals surface area contributed by atoms with Crippen LogP contribution >= 0.6 is 11.8 Å². The van der Waals surface area contributed by atoms with Gasteiger partial charge in [0, 0.05) is 11.1 Å². The van der Waals surface area contributed by atoms with Crippen molar-refractivity contribution in [3.05, 3.63) is 33.7 Å². The summed E-state index contributed by atoms with van der Waals surface area (Å²) in [6.07, 6.45) is 1.58. The van der Waals surface area contributed by atoms with Crippen molar-refractivity contribution in [3.63, 3.8) is 0 Å². The van der Waals surface area contributed by atoms with Crippen LogP contribution in [0.5, 0.6) is 5.75 Å². The average molecular weight is 391 g/mol. The fourth-order valence-electron chi connectivity index (χ4n) is 2.81. The van der Waals surface area contributed by atoms with Gasteiger partial charge in [0.1, 0.15) is 12.3 Å². The first-order valence-electron chi connectivity index (χ1n) is 8.57. The topological polar surface area (TPSA) is 94.9 Å². The molecule has 146 valence electrons. The molecule has 0 bridgehead atoms. The first kappa shape index (κ1) is 21.0. The molecule has 0 saturated carbocycles. The van der Waals surface area contributed by atoms with E-state index in [1.165, 1.54) is 0 Å². The number of carboxylic acids is 1. The van der Waals surface area contributed by atoms with Crippen LogP contribution in [0, 0.1) is 0 Å². The van der Waals surface area contributed by atoms with Crippen LogP contribution in [-0.4, -0.2) is 38.8 Å². The summed E-state index contributed by atoms with van der Waals surface area (Å²) < 4.78 is 0.